The third kappa shape index (κ3) is 43.8. The van der Waals surface area contributed by atoms with Gasteiger partial charge in [0.05, 0.1) is 0 Å². The van der Waals surface area contributed by atoms with Crippen molar-refractivity contribution < 1.29 is 28.6 Å². The van der Waals surface area contributed by atoms with Crippen molar-refractivity contribution in [1.82, 2.24) is 0 Å². The van der Waals surface area contributed by atoms with Gasteiger partial charge in [-0.3, -0.25) is 14.4 Å². The minimum absolute atomic E-state index is 0.0646. The normalized spacial score (nSPS) is 12.5. The van der Waals surface area contributed by atoms with E-state index in [1.807, 2.05) is 0 Å². The summed E-state index contributed by atoms with van der Waals surface area (Å²) in [6, 6.07) is 0. The molecular formula is C51H98O6. The van der Waals surface area contributed by atoms with E-state index < -0.39 is 6.10 Å². The zero-order valence-electron chi connectivity index (χ0n) is 39.0. The summed E-state index contributed by atoms with van der Waals surface area (Å²) in [5.74, 6) is 0.788. The van der Waals surface area contributed by atoms with Crippen LogP contribution < -0.4 is 0 Å². The molecule has 2 atom stereocenters. The van der Waals surface area contributed by atoms with Gasteiger partial charge in [-0.05, 0) is 31.1 Å². The number of ether oxygens (including phenoxy) is 3. The van der Waals surface area contributed by atoms with Crippen molar-refractivity contribution >= 4 is 17.9 Å². The summed E-state index contributed by atoms with van der Waals surface area (Å²) < 4.78 is 16.8. The van der Waals surface area contributed by atoms with Crippen LogP contribution in [0.4, 0.5) is 0 Å². The second-order valence-corrected chi connectivity index (χ2v) is 18.2. The number of hydrogen-bond acceptors (Lipinski definition) is 6. The average molecular weight is 807 g/mol. The third-order valence-electron chi connectivity index (χ3n) is 11.8. The van der Waals surface area contributed by atoms with Gasteiger partial charge in [0.2, 0.25) is 0 Å². The molecular weight excluding hydrogens is 709 g/mol. The minimum Gasteiger partial charge on any atom is -0.462 e. The van der Waals surface area contributed by atoms with Crippen molar-refractivity contribution in [3.63, 3.8) is 0 Å². The van der Waals surface area contributed by atoms with E-state index in [9.17, 15) is 14.4 Å². The van der Waals surface area contributed by atoms with Gasteiger partial charge in [0.25, 0.3) is 0 Å². The predicted molar refractivity (Wildman–Crippen MR) is 243 cm³/mol. The average Bonchev–Trinajstić information content (AvgIpc) is 3.19. The van der Waals surface area contributed by atoms with E-state index in [1.165, 1.54) is 167 Å². The summed E-state index contributed by atoms with van der Waals surface area (Å²) in [6.45, 7) is 11.3. The van der Waals surface area contributed by atoms with Gasteiger partial charge in [0.1, 0.15) is 13.2 Å². The van der Waals surface area contributed by atoms with E-state index in [0.717, 1.165) is 69.6 Å². The predicted octanol–water partition coefficient (Wildman–Crippen LogP) is 16.1. The van der Waals surface area contributed by atoms with E-state index in [1.54, 1.807) is 0 Å². The first-order valence-electron chi connectivity index (χ1n) is 25.3. The molecule has 0 aromatic heterocycles. The zero-order valence-corrected chi connectivity index (χ0v) is 39.0. The molecule has 0 aliphatic heterocycles. The van der Waals surface area contributed by atoms with E-state index in [4.69, 9.17) is 14.2 Å². The highest BCUT2D eigenvalue weighted by Crippen LogP contribution is 2.17. The second kappa shape index (κ2) is 44.0. The summed E-state index contributed by atoms with van der Waals surface area (Å²) in [4.78, 5) is 37.9. The first kappa shape index (κ1) is 55.4. The summed E-state index contributed by atoms with van der Waals surface area (Å²) in [5, 5.41) is 0. The Morgan fingerprint density at radius 2 is 0.667 bits per heavy atom. The molecule has 57 heavy (non-hydrogen) atoms. The van der Waals surface area contributed by atoms with E-state index in [0.29, 0.717) is 19.3 Å². The molecule has 0 saturated carbocycles. The number of rotatable bonds is 45. The van der Waals surface area contributed by atoms with Crippen LogP contribution in [0.1, 0.15) is 279 Å². The molecule has 0 aromatic carbocycles. The van der Waals surface area contributed by atoms with Gasteiger partial charge in [-0.15, -0.1) is 0 Å². The molecule has 0 radical (unpaired) electrons. The molecule has 1 unspecified atom stereocenters. The van der Waals surface area contributed by atoms with Crippen molar-refractivity contribution in [2.75, 3.05) is 13.2 Å². The molecule has 6 heteroatoms. The number of esters is 3. The summed E-state index contributed by atoms with van der Waals surface area (Å²) in [5.41, 5.74) is 0. The maximum absolute atomic E-state index is 12.7. The fourth-order valence-corrected chi connectivity index (χ4v) is 7.60. The highest BCUT2D eigenvalue weighted by Gasteiger charge is 2.19. The van der Waals surface area contributed by atoms with Crippen LogP contribution in [0.15, 0.2) is 0 Å². The highest BCUT2D eigenvalue weighted by molar-refractivity contribution is 5.71. The van der Waals surface area contributed by atoms with Gasteiger partial charge < -0.3 is 14.2 Å². The molecule has 0 spiro atoms. The minimum atomic E-state index is -0.762. The number of carbonyl (C=O) groups is 3. The van der Waals surface area contributed by atoms with Gasteiger partial charge in [-0.1, -0.05) is 240 Å². The maximum Gasteiger partial charge on any atom is 0.306 e. The van der Waals surface area contributed by atoms with Crippen LogP contribution in [0.5, 0.6) is 0 Å². The zero-order chi connectivity index (χ0) is 41.9. The molecule has 0 N–H and O–H groups in total. The van der Waals surface area contributed by atoms with Crippen molar-refractivity contribution in [2.24, 2.45) is 11.8 Å². The summed E-state index contributed by atoms with van der Waals surface area (Å²) >= 11 is 0. The van der Waals surface area contributed by atoms with Gasteiger partial charge in [0, 0.05) is 19.3 Å². The maximum atomic E-state index is 12.7. The Morgan fingerprint density at radius 3 is 1.00 bits per heavy atom. The molecule has 0 saturated heterocycles. The lowest BCUT2D eigenvalue weighted by molar-refractivity contribution is -0.167. The fourth-order valence-electron chi connectivity index (χ4n) is 7.60. The van der Waals surface area contributed by atoms with E-state index >= 15 is 0 Å². The molecule has 0 bridgehead atoms. The van der Waals surface area contributed by atoms with E-state index in [2.05, 4.69) is 34.6 Å². The smallest absolute Gasteiger partial charge is 0.306 e. The largest absolute Gasteiger partial charge is 0.462 e. The van der Waals surface area contributed by atoms with Crippen LogP contribution in [0.2, 0.25) is 0 Å². The van der Waals surface area contributed by atoms with Gasteiger partial charge in [-0.2, -0.15) is 0 Å². The number of carbonyl (C=O) groups excluding carboxylic acids is 3. The van der Waals surface area contributed by atoms with Crippen molar-refractivity contribution in [3.05, 3.63) is 0 Å². The van der Waals surface area contributed by atoms with Crippen LogP contribution in [0.25, 0.3) is 0 Å². The van der Waals surface area contributed by atoms with Crippen molar-refractivity contribution in [2.45, 2.75) is 285 Å². The van der Waals surface area contributed by atoms with Gasteiger partial charge in [-0.25, -0.2) is 0 Å². The Morgan fingerprint density at radius 1 is 0.368 bits per heavy atom. The fraction of sp³-hybridized carbons (Fsp3) is 0.941. The molecule has 0 amide bonds. The molecule has 338 valence electrons. The van der Waals surface area contributed by atoms with Crippen molar-refractivity contribution in [1.29, 1.82) is 0 Å². The summed E-state index contributed by atoms with van der Waals surface area (Å²) in [7, 11) is 0. The second-order valence-electron chi connectivity index (χ2n) is 18.2. The lowest BCUT2D eigenvalue weighted by Gasteiger charge is -2.18. The SMILES string of the molecule is CCCCCCCCCCCCCCCCCCC(=O)OC[C@@H](COC(=O)CCCCCCCCCCC(C)CC)OC(=O)CCCCCCCCCCC(C)C. The van der Waals surface area contributed by atoms with Crippen LogP contribution in [0.3, 0.4) is 0 Å². The van der Waals surface area contributed by atoms with Gasteiger partial charge >= 0.3 is 17.9 Å². The molecule has 0 fully saturated rings. The number of unbranched alkanes of at least 4 members (excludes halogenated alkanes) is 29. The summed E-state index contributed by atoms with van der Waals surface area (Å²) in [6.07, 6.45) is 43.7. The Bertz CT molecular complexity index is 872. The van der Waals surface area contributed by atoms with Crippen molar-refractivity contribution in [3.8, 4) is 0 Å². The topological polar surface area (TPSA) is 78.9 Å². The molecule has 0 aromatic rings. The Balaban J connectivity index is 4.30. The molecule has 6 nitrogen and oxygen atoms in total. The third-order valence-corrected chi connectivity index (χ3v) is 11.8. The first-order valence-corrected chi connectivity index (χ1v) is 25.3. The van der Waals surface area contributed by atoms with Crippen LogP contribution in [-0.4, -0.2) is 37.2 Å². The highest BCUT2D eigenvalue weighted by atomic mass is 16.6. The molecule has 0 aliphatic rings. The number of hydrogen-bond donors (Lipinski definition) is 0. The van der Waals surface area contributed by atoms with Crippen LogP contribution >= 0.6 is 0 Å². The monoisotopic (exact) mass is 807 g/mol. The quantitative estimate of drug-likeness (QED) is 0.0346. The standard InChI is InChI=1S/C51H98O6/c1-6-8-9-10-11-12-13-14-15-16-17-18-19-26-31-36-41-49(52)55-44-48(57-51(54)43-38-33-28-22-20-24-29-34-39-46(3)4)45-56-50(53)42-37-32-27-23-21-25-30-35-40-47(5)7-2/h46-48H,6-45H2,1-5H3/t47?,48-/m0/s1. The lowest BCUT2D eigenvalue weighted by atomic mass is 9.99. The lowest BCUT2D eigenvalue weighted by Crippen LogP contribution is -2.30. The molecule has 0 aliphatic carbocycles. The molecule has 0 rings (SSSR count). The Labute approximate surface area is 355 Å². The van der Waals surface area contributed by atoms with Crippen LogP contribution in [0, 0.1) is 11.8 Å². The Hall–Kier alpha value is -1.59. The van der Waals surface area contributed by atoms with Crippen LogP contribution in [-0.2, 0) is 28.6 Å². The van der Waals surface area contributed by atoms with E-state index in [-0.39, 0.29) is 31.1 Å². The molecule has 0 heterocycles. The first-order chi connectivity index (χ1) is 27.8. The van der Waals surface area contributed by atoms with Gasteiger partial charge in [0.15, 0.2) is 6.10 Å². The Kier molecular flexibility index (Phi) is 42.7.